The first-order valence-corrected chi connectivity index (χ1v) is 7.52. The van der Waals surface area contributed by atoms with Crippen LogP contribution >= 0.6 is 0 Å². The Hall–Kier alpha value is -1.32. The molecule has 3 rings (SSSR count). The lowest BCUT2D eigenvalue weighted by Gasteiger charge is -2.43. The minimum atomic E-state index is -0.365. The summed E-state index contributed by atoms with van der Waals surface area (Å²) in [5.41, 5.74) is -0.365. The van der Waals surface area contributed by atoms with E-state index in [0.717, 1.165) is 12.8 Å². The summed E-state index contributed by atoms with van der Waals surface area (Å²) in [5.74, 6) is 0.0280. The fourth-order valence-electron chi connectivity index (χ4n) is 4.25. The first-order valence-electron chi connectivity index (χ1n) is 7.52. The van der Waals surface area contributed by atoms with Crippen LogP contribution in [0.4, 0.5) is 0 Å². The van der Waals surface area contributed by atoms with E-state index in [1.54, 1.807) is 0 Å². The highest BCUT2D eigenvalue weighted by atomic mass is 16.6. The lowest BCUT2D eigenvalue weighted by atomic mass is 9.59. The third-order valence-electron chi connectivity index (χ3n) is 5.21. The fraction of sp³-hybridized carbons (Fsp3) is 0.750. The Bertz CT molecular complexity index is 469. The molecule has 20 heavy (non-hydrogen) atoms. The molecule has 1 saturated heterocycles. The molecule has 110 valence electrons. The van der Waals surface area contributed by atoms with Crippen LogP contribution in [-0.2, 0) is 19.1 Å². The highest BCUT2D eigenvalue weighted by molar-refractivity contribution is 5.80. The molecule has 0 radical (unpaired) electrons. The summed E-state index contributed by atoms with van der Waals surface area (Å²) in [7, 11) is 0. The Kier molecular flexibility index (Phi) is 3.14. The third-order valence-corrected chi connectivity index (χ3v) is 5.21. The summed E-state index contributed by atoms with van der Waals surface area (Å²) in [6, 6.07) is 0. The van der Waals surface area contributed by atoms with Gasteiger partial charge in [-0.15, -0.1) is 0 Å². The van der Waals surface area contributed by atoms with Crippen molar-refractivity contribution < 1.29 is 19.1 Å². The Labute approximate surface area is 119 Å². The van der Waals surface area contributed by atoms with Crippen LogP contribution in [0.5, 0.6) is 0 Å². The lowest BCUT2D eigenvalue weighted by Crippen LogP contribution is -2.46. The molecule has 4 heteroatoms. The average Bonchev–Trinajstić information content (AvgIpc) is 2.62. The number of fused-ring (bicyclic) bond motifs is 4. The van der Waals surface area contributed by atoms with E-state index in [-0.39, 0.29) is 47.1 Å². The number of rotatable bonds is 2. The van der Waals surface area contributed by atoms with E-state index in [1.807, 2.05) is 20.8 Å². The van der Waals surface area contributed by atoms with Gasteiger partial charge in [0.05, 0.1) is 17.9 Å². The number of carbonyl (C=O) groups is 2. The zero-order valence-corrected chi connectivity index (χ0v) is 12.3. The maximum absolute atomic E-state index is 12.3. The number of esters is 2. The second kappa shape index (κ2) is 4.61. The molecule has 1 aliphatic heterocycles. The van der Waals surface area contributed by atoms with Crippen molar-refractivity contribution in [2.24, 2.45) is 29.1 Å². The molecule has 0 spiro atoms. The summed E-state index contributed by atoms with van der Waals surface area (Å²) in [6.45, 7) is 6.24. The van der Waals surface area contributed by atoms with Gasteiger partial charge in [0.25, 0.3) is 0 Å². The molecule has 3 aliphatic rings. The van der Waals surface area contributed by atoms with E-state index in [9.17, 15) is 9.59 Å². The highest BCUT2D eigenvalue weighted by Gasteiger charge is 2.59. The van der Waals surface area contributed by atoms with Crippen molar-refractivity contribution in [3.63, 3.8) is 0 Å². The van der Waals surface area contributed by atoms with Gasteiger partial charge in [-0.25, -0.2) is 0 Å². The minimum absolute atomic E-state index is 0.0774. The predicted molar refractivity (Wildman–Crippen MR) is 72.6 cm³/mol. The average molecular weight is 278 g/mol. The van der Waals surface area contributed by atoms with E-state index in [0.29, 0.717) is 6.61 Å². The SMILES string of the molecule is CCOC(=O)[C@@H]1[C@H]2[C@@H]3C[C@](C)(C[C@@H]2C=C[C@@H]1C)C(=O)O3. The van der Waals surface area contributed by atoms with Crippen LogP contribution in [0, 0.1) is 29.1 Å². The molecule has 0 aromatic rings. The molecule has 0 amide bonds. The third kappa shape index (κ3) is 1.88. The maximum atomic E-state index is 12.3. The summed E-state index contributed by atoms with van der Waals surface area (Å²) in [4.78, 5) is 24.3. The molecule has 2 bridgehead atoms. The molecule has 2 fully saturated rings. The van der Waals surface area contributed by atoms with Crippen LogP contribution in [0.2, 0.25) is 0 Å². The van der Waals surface area contributed by atoms with Gasteiger partial charge in [-0.2, -0.15) is 0 Å². The van der Waals surface area contributed by atoms with Crippen molar-refractivity contribution in [3.05, 3.63) is 12.2 Å². The summed E-state index contributed by atoms with van der Waals surface area (Å²) in [6.07, 6.45) is 5.67. The normalized spacial score (nSPS) is 45.8. The number of hydrogen-bond acceptors (Lipinski definition) is 4. The Morgan fingerprint density at radius 2 is 2.20 bits per heavy atom. The molecular weight excluding hydrogens is 256 g/mol. The number of allylic oxidation sites excluding steroid dienone is 2. The Balaban J connectivity index is 1.92. The second-order valence-corrected chi connectivity index (χ2v) is 6.68. The first-order chi connectivity index (χ1) is 9.46. The monoisotopic (exact) mass is 278 g/mol. The molecule has 0 aromatic heterocycles. The van der Waals surface area contributed by atoms with Gasteiger partial charge >= 0.3 is 11.9 Å². The zero-order valence-electron chi connectivity index (χ0n) is 12.3. The van der Waals surface area contributed by atoms with E-state index >= 15 is 0 Å². The molecular formula is C16H22O4. The van der Waals surface area contributed by atoms with Gasteiger partial charge in [-0.05, 0) is 32.1 Å². The van der Waals surface area contributed by atoms with Crippen molar-refractivity contribution in [1.29, 1.82) is 0 Å². The van der Waals surface area contributed by atoms with E-state index in [1.165, 1.54) is 0 Å². The molecule has 0 aromatic carbocycles. The van der Waals surface area contributed by atoms with Gasteiger partial charge in [-0.3, -0.25) is 9.59 Å². The van der Waals surface area contributed by atoms with Crippen LogP contribution in [0.15, 0.2) is 12.2 Å². The summed E-state index contributed by atoms with van der Waals surface area (Å²) >= 11 is 0. The molecule has 1 saturated carbocycles. The van der Waals surface area contributed by atoms with Crippen molar-refractivity contribution in [3.8, 4) is 0 Å². The van der Waals surface area contributed by atoms with Crippen LogP contribution in [0.3, 0.4) is 0 Å². The van der Waals surface area contributed by atoms with E-state index < -0.39 is 0 Å². The minimum Gasteiger partial charge on any atom is -0.466 e. The largest absolute Gasteiger partial charge is 0.466 e. The van der Waals surface area contributed by atoms with Crippen molar-refractivity contribution >= 4 is 11.9 Å². The van der Waals surface area contributed by atoms with Crippen LogP contribution in [0.1, 0.15) is 33.6 Å². The van der Waals surface area contributed by atoms with Crippen molar-refractivity contribution in [1.82, 2.24) is 0 Å². The molecule has 2 aliphatic carbocycles. The first kappa shape index (κ1) is 13.7. The lowest BCUT2D eigenvalue weighted by molar-refractivity contribution is -0.158. The fourth-order valence-corrected chi connectivity index (χ4v) is 4.25. The summed E-state index contributed by atoms with van der Waals surface area (Å²) < 4.78 is 10.8. The standard InChI is InChI=1S/C16H22O4/c1-4-19-14(17)12-9(2)5-6-10-7-16(3)8-11(13(10)12)20-15(16)18/h5-6,9-13H,4,7-8H2,1-3H3/t9-,10-,11-,12-,13+,16-/m0/s1. The Morgan fingerprint density at radius 3 is 2.90 bits per heavy atom. The topological polar surface area (TPSA) is 52.6 Å². The molecule has 0 unspecified atom stereocenters. The van der Waals surface area contributed by atoms with Gasteiger partial charge in [0.1, 0.15) is 6.10 Å². The van der Waals surface area contributed by atoms with Gasteiger partial charge in [0.15, 0.2) is 0 Å². The van der Waals surface area contributed by atoms with Gasteiger partial charge in [0, 0.05) is 12.3 Å². The van der Waals surface area contributed by atoms with E-state index in [2.05, 4.69) is 12.2 Å². The maximum Gasteiger partial charge on any atom is 0.312 e. The summed E-state index contributed by atoms with van der Waals surface area (Å²) in [5, 5.41) is 0. The van der Waals surface area contributed by atoms with Crippen LogP contribution in [0.25, 0.3) is 0 Å². The molecule has 4 nitrogen and oxygen atoms in total. The molecule has 6 atom stereocenters. The predicted octanol–water partition coefficient (Wildman–Crippen LogP) is 2.33. The van der Waals surface area contributed by atoms with Gasteiger partial charge in [0.2, 0.25) is 0 Å². The number of carbonyl (C=O) groups excluding carboxylic acids is 2. The van der Waals surface area contributed by atoms with Gasteiger partial charge in [-0.1, -0.05) is 19.1 Å². The Morgan fingerprint density at radius 1 is 1.45 bits per heavy atom. The number of hydrogen-bond donors (Lipinski definition) is 0. The van der Waals surface area contributed by atoms with Gasteiger partial charge < -0.3 is 9.47 Å². The van der Waals surface area contributed by atoms with Crippen molar-refractivity contribution in [2.45, 2.75) is 39.7 Å². The number of ether oxygens (including phenoxy) is 2. The quantitative estimate of drug-likeness (QED) is 0.574. The second-order valence-electron chi connectivity index (χ2n) is 6.68. The smallest absolute Gasteiger partial charge is 0.312 e. The molecule has 1 heterocycles. The van der Waals surface area contributed by atoms with Crippen LogP contribution < -0.4 is 0 Å². The van der Waals surface area contributed by atoms with Crippen molar-refractivity contribution in [2.75, 3.05) is 6.61 Å². The zero-order chi connectivity index (χ0) is 14.5. The molecule has 0 N–H and O–H groups in total. The van der Waals surface area contributed by atoms with Crippen LogP contribution in [-0.4, -0.2) is 24.6 Å². The van der Waals surface area contributed by atoms with E-state index in [4.69, 9.17) is 9.47 Å². The highest BCUT2D eigenvalue weighted by Crippen LogP contribution is 2.54.